The predicted octanol–water partition coefficient (Wildman–Crippen LogP) is 2.12. The highest BCUT2D eigenvalue weighted by molar-refractivity contribution is 5.96. The summed E-state index contributed by atoms with van der Waals surface area (Å²) in [5, 5.41) is 5.57. The van der Waals surface area contributed by atoms with E-state index >= 15 is 0 Å². The van der Waals surface area contributed by atoms with Gasteiger partial charge in [0.15, 0.2) is 0 Å². The Hall–Kier alpha value is -3.19. The first-order chi connectivity index (χ1) is 14.8. The van der Waals surface area contributed by atoms with E-state index in [0.29, 0.717) is 31.7 Å². The fourth-order valence-electron chi connectivity index (χ4n) is 3.87. The summed E-state index contributed by atoms with van der Waals surface area (Å²) in [7, 11) is 0. The number of benzene rings is 2. The molecule has 0 aromatic heterocycles. The number of carbonyl (C=O) groups excluding carboxylic acids is 3. The Morgan fingerprint density at radius 2 is 1.48 bits per heavy atom. The van der Waals surface area contributed by atoms with E-state index in [1.54, 1.807) is 0 Å². The zero-order valence-electron chi connectivity index (χ0n) is 18.4. The number of aryl methyl sites for hydroxylation is 3. The summed E-state index contributed by atoms with van der Waals surface area (Å²) in [6.07, 6.45) is 0. The van der Waals surface area contributed by atoms with Crippen LogP contribution in [0.25, 0.3) is 0 Å². The third-order valence-electron chi connectivity index (χ3n) is 5.44. The molecule has 7 heteroatoms. The van der Waals surface area contributed by atoms with Gasteiger partial charge in [-0.1, -0.05) is 35.9 Å². The average Bonchev–Trinajstić information content (AvgIpc) is 2.75. The molecule has 0 radical (unpaired) electrons. The molecule has 0 atom stereocenters. The first-order valence-corrected chi connectivity index (χ1v) is 10.5. The van der Waals surface area contributed by atoms with Crippen LogP contribution in [0.3, 0.4) is 0 Å². The lowest BCUT2D eigenvalue weighted by molar-refractivity contribution is -0.125. The predicted molar refractivity (Wildman–Crippen MR) is 121 cm³/mol. The minimum Gasteiger partial charge on any atom is -0.346 e. The Labute approximate surface area is 183 Å². The van der Waals surface area contributed by atoms with E-state index in [2.05, 4.69) is 10.6 Å². The maximum atomic E-state index is 12.5. The molecule has 1 aliphatic rings. The van der Waals surface area contributed by atoms with Gasteiger partial charge in [0.05, 0.1) is 13.1 Å². The van der Waals surface area contributed by atoms with Crippen molar-refractivity contribution in [1.82, 2.24) is 15.1 Å². The smallest absolute Gasteiger partial charge is 0.253 e. The number of amides is 3. The van der Waals surface area contributed by atoms with Gasteiger partial charge in [-0.3, -0.25) is 19.3 Å². The van der Waals surface area contributed by atoms with Crippen LogP contribution in [0.15, 0.2) is 42.5 Å². The van der Waals surface area contributed by atoms with Crippen LogP contribution in [0, 0.1) is 20.8 Å². The van der Waals surface area contributed by atoms with Crippen LogP contribution in [0.2, 0.25) is 0 Å². The largest absolute Gasteiger partial charge is 0.346 e. The minimum absolute atomic E-state index is 0.0167. The summed E-state index contributed by atoms with van der Waals surface area (Å²) in [4.78, 5) is 40.8. The molecule has 0 unspecified atom stereocenters. The standard InChI is InChI=1S/C24H30N4O3/c1-17-13-18(2)23(19(3)14-17)26-21(29)15-25-22(30)16-27-9-11-28(12-10-27)24(31)20-7-5-4-6-8-20/h4-8,13-14H,9-12,15-16H2,1-3H3,(H,25,30)(H,26,29). The molecule has 3 amide bonds. The van der Waals surface area contributed by atoms with Gasteiger partial charge in [-0.25, -0.2) is 0 Å². The van der Waals surface area contributed by atoms with E-state index in [-0.39, 0.29) is 30.8 Å². The average molecular weight is 423 g/mol. The summed E-state index contributed by atoms with van der Waals surface area (Å²) < 4.78 is 0. The quantitative estimate of drug-likeness (QED) is 0.747. The molecule has 1 fully saturated rings. The molecule has 164 valence electrons. The Balaban J connectivity index is 1.41. The van der Waals surface area contributed by atoms with E-state index in [0.717, 1.165) is 22.4 Å². The van der Waals surface area contributed by atoms with Gasteiger partial charge >= 0.3 is 0 Å². The van der Waals surface area contributed by atoms with Crippen molar-refractivity contribution in [2.75, 3.05) is 44.6 Å². The number of nitrogens with one attached hydrogen (secondary N) is 2. The summed E-state index contributed by atoms with van der Waals surface area (Å²) in [6.45, 7) is 8.47. The zero-order valence-corrected chi connectivity index (χ0v) is 18.4. The van der Waals surface area contributed by atoms with Crippen LogP contribution in [0.1, 0.15) is 27.0 Å². The van der Waals surface area contributed by atoms with Crippen molar-refractivity contribution in [3.05, 3.63) is 64.7 Å². The molecule has 7 nitrogen and oxygen atoms in total. The highest BCUT2D eigenvalue weighted by Crippen LogP contribution is 2.21. The van der Waals surface area contributed by atoms with E-state index < -0.39 is 0 Å². The molecule has 1 aliphatic heterocycles. The van der Waals surface area contributed by atoms with Crippen LogP contribution in [0.5, 0.6) is 0 Å². The van der Waals surface area contributed by atoms with Crippen molar-refractivity contribution in [2.45, 2.75) is 20.8 Å². The van der Waals surface area contributed by atoms with Crippen molar-refractivity contribution in [2.24, 2.45) is 0 Å². The number of carbonyl (C=O) groups is 3. The topological polar surface area (TPSA) is 81.8 Å². The molecule has 3 rings (SSSR count). The molecule has 0 spiro atoms. The van der Waals surface area contributed by atoms with Crippen LogP contribution in [-0.2, 0) is 9.59 Å². The van der Waals surface area contributed by atoms with Crippen LogP contribution < -0.4 is 10.6 Å². The van der Waals surface area contributed by atoms with Gasteiger partial charge in [0.2, 0.25) is 11.8 Å². The fraction of sp³-hybridized carbons (Fsp3) is 0.375. The summed E-state index contributed by atoms with van der Waals surface area (Å²) in [6, 6.07) is 13.2. The Kier molecular flexibility index (Phi) is 7.41. The lowest BCUT2D eigenvalue weighted by Gasteiger charge is -2.34. The molecule has 0 aliphatic carbocycles. The third kappa shape index (κ3) is 6.15. The normalized spacial score (nSPS) is 14.2. The van der Waals surface area contributed by atoms with Crippen molar-refractivity contribution >= 4 is 23.4 Å². The molecule has 0 saturated carbocycles. The second-order valence-corrected chi connectivity index (χ2v) is 8.03. The molecular formula is C24H30N4O3. The van der Waals surface area contributed by atoms with Crippen LogP contribution >= 0.6 is 0 Å². The SMILES string of the molecule is Cc1cc(C)c(NC(=O)CNC(=O)CN2CCN(C(=O)c3ccccc3)CC2)c(C)c1. The lowest BCUT2D eigenvalue weighted by Crippen LogP contribution is -2.51. The number of hydrogen-bond acceptors (Lipinski definition) is 4. The van der Waals surface area contributed by atoms with Gasteiger partial charge in [0, 0.05) is 37.4 Å². The summed E-state index contributed by atoms with van der Waals surface area (Å²) in [5.74, 6) is -0.430. The van der Waals surface area contributed by atoms with Crippen molar-refractivity contribution in [1.29, 1.82) is 0 Å². The monoisotopic (exact) mass is 422 g/mol. The van der Waals surface area contributed by atoms with Gasteiger partial charge in [-0.15, -0.1) is 0 Å². The number of hydrogen-bond donors (Lipinski definition) is 2. The maximum Gasteiger partial charge on any atom is 0.253 e. The highest BCUT2D eigenvalue weighted by atomic mass is 16.2. The second kappa shape index (κ2) is 10.2. The van der Waals surface area contributed by atoms with Crippen molar-refractivity contribution in [3.8, 4) is 0 Å². The van der Waals surface area contributed by atoms with Gasteiger partial charge in [0.1, 0.15) is 0 Å². The first kappa shape index (κ1) is 22.5. The number of anilines is 1. The molecule has 0 bridgehead atoms. The zero-order chi connectivity index (χ0) is 22.4. The summed E-state index contributed by atoms with van der Waals surface area (Å²) >= 11 is 0. The molecule has 1 heterocycles. The number of nitrogens with zero attached hydrogens (tertiary/aromatic N) is 2. The maximum absolute atomic E-state index is 12.5. The number of rotatable bonds is 6. The highest BCUT2D eigenvalue weighted by Gasteiger charge is 2.23. The van der Waals surface area contributed by atoms with E-state index in [1.807, 2.05) is 73.0 Å². The van der Waals surface area contributed by atoms with Gasteiger partial charge in [-0.2, -0.15) is 0 Å². The molecule has 2 aromatic rings. The fourth-order valence-corrected chi connectivity index (χ4v) is 3.87. The second-order valence-electron chi connectivity index (χ2n) is 8.03. The number of piperazine rings is 1. The first-order valence-electron chi connectivity index (χ1n) is 10.5. The van der Waals surface area contributed by atoms with Gasteiger partial charge < -0.3 is 15.5 Å². The molecule has 31 heavy (non-hydrogen) atoms. The van der Waals surface area contributed by atoms with Crippen LogP contribution in [0.4, 0.5) is 5.69 Å². The molecule has 1 saturated heterocycles. The van der Waals surface area contributed by atoms with Gasteiger partial charge in [-0.05, 0) is 44.0 Å². The van der Waals surface area contributed by atoms with Gasteiger partial charge in [0.25, 0.3) is 5.91 Å². The Morgan fingerprint density at radius 1 is 0.871 bits per heavy atom. The minimum atomic E-state index is -0.248. The van der Waals surface area contributed by atoms with E-state index in [4.69, 9.17) is 0 Å². The Bertz CT molecular complexity index is 928. The third-order valence-corrected chi connectivity index (χ3v) is 5.44. The van der Waals surface area contributed by atoms with Crippen LogP contribution in [-0.4, -0.2) is 66.8 Å². The van der Waals surface area contributed by atoms with E-state index in [9.17, 15) is 14.4 Å². The lowest BCUT2D eigenvalue weighted by atomic mass is 10.1. The Morgan fingerprint density at radius 3 is 2.10 bits per heavy atom. The summed E-state index contributed by atoms with van der Waals surface area (Å²) in [5.41, 5.74) is 4.62. The van der Waals surface area contributed by atoms with Crippen molar-refractivity contribution < 1.29 is 14.4 Å². The molecule has 2 aromatic carbocycles. The van der Waals surface area contributed by atoms with Crippen molar-refractivity contribution in [3.63, 3.8) is 0 Å². The van der Waals surface area contributed by atoms with E-state index in [1.165, 1.54) is 0 Å². The molecular weight excluding hydrogens is 392 g/mol. The molecule has 2 N–H and O–H groups in total.